The molecule has 19 heavy (non-hydrogen) atoms. The summed E-state index contributed by atoms with van der Waals surface area (Å²) in [5, 5.41) is 3.52. The van der Waals surface area contributed by atoms with Crippen LogP contribution in [0.5, 0.6) is 0 Å². The van der Waals surface area contributed by atoms with Crippen molar-refractivity contribution in [1.82, 2.24) is 5.32 Å². The topological polar surface area (TPSA) is 15.3 Å². The lowest BCUT2D eigenvalue weighted by molar-refractivity contribution is 0.598. The van der Waals surface area contributed by atoms with E-state index in [1.165, 1.54) is 36.9 Å². The van der Waals surface area contributed by atoms with Gasteiger partial charge >= 0.3 is 0 Å². The molecule has 0 fully saturated rings. The summed E-state index contributed by atoms with van der Waals surface area (Å²) in [6.07, 6.45) is 5.32. The molecule has 0 saturated heterocycles. The maximum atomic E-state index is 3.52. The van der Waals surface area contributed by atoms with E-state index in [1.807, 2.05) is 0 Å². The van der Waals surface area contributed by atoms with Crippen LogP contribution in [-0.4, -0.2) is 19.6 Å². The Morgan fingerprint density at radius 1 is 0.895 bits per heavy atom. The van der Waals surface area contributed by atoms with Crippen molar-refractivity contribution in [3.05, 3.63) is 29.8 Å². The summed E-state index contributed by atoms with van der Waals surface area (Å²) in [7, 11) is 0. The van der Waals surface area contributed by atoms with Crippen molar-refractivity contribution in [2.24, 2.45) is 0 Å². The molecule has 1 rings (SSSR count). The fourth-order valence-corrected chi connectivity index (χ4v) is 2.32. The van der Waals surface area contributed by atoms with Gasteiger partial charge in [-0.3, -0.25) is 0 Å². The molecule has 1 aromatic rings. The van der Waals surface area contributed by atoms with Gasteiger partial charge in [0.15, 0.2) is 0 Å². The van der Waals surface area contributed by atoms with E-state index in [2.05, 4.69) is 55.3 Å². The van der Waals surface area contributed by atoms with Gasteiger partial charge in [0.25, 0.3) is 0 Å². The molecule has 0 radical (unpaired) electrons. The highest BCUT2D eigenvalue weighted by Gasteiger charge is 2.00. The molecule has 2 nitrogen and oxygen atoms in total. The molecule has 0 aliphatic carbocycles. The van der Waals surface area contributed by atoms with Gasteiger partial charge in [0, 0.05) is 25.3 Å². The average molecular weight is 262 g/mol. The van der Waals surface area contributed by atoms with E-state index < -0.39 is 0 Å². The van der Waals surface area contributed by atoms with Crippen LogP contribution in [0.15, 0.2) is 24.3 Å². The smallest absolute Gasteiger partial charge is 0.0366 e. The summed E-state index contributed by atoms with van der Waals surface area (Å²) in [5.41, 5.74) is 2.71. The number of anilines is 1. The molecule has 1 N–H and O–H groups in total. The van der Waals surface area contributed by atoms with Crippen LogP contribution in [0.1, 0.15) is 52.0 Å². The summed E-state index contributed by atoms with van der Waals surface area (Å²) in [6, 6.07) is 8.96. The normalized spacial score (nSPS) is 10.7. The number of hydrogen-bond acceptors (Lipinski definition) is 2. The van der Waals surface area contributed by atoms with Crippen molar-refractivity contribution in [1.29, 1.82) is 0 Å². The monoisotopic (exact) mass is 262 g/mol. The molecule has 0 aromatic heterocycles. The van der Waals surface area contributed by atoms with Crippen molar-refractivity contribution in [2.75, 3.05) is 24.5 Å². The Labute approximate surface area is 119 Å². The number of hydrogen-bond donors (Lipinski definition) is 1. The Kier molecular flexibility index (Phi) is 8.31. The van der Waals surface area contributed by atoms with Gasteiger partial charge in [-0.25, -0.2) is 0 Å². The Morgan fingerprint density at radius 2 is 1.58 bits per heavy atom. The van der Waals surface area contributed by atoms with Gasteiger partial charge in [0.2, 0.25) is 0 Å². The first-order valence-electron chi connectivity index (χ1n) is 7.86. The molecule has 0 atom stereocenters. The SMILES string of the molecule is CCCCCCNCc1ccc(N(CC)CC)cc1. The first-order chi connectivity index (χ1) is 9.31. The number of nitrogens with zero attached hydrogens (tertiary/aromatic N) is 1. The fourth-order valence-electron chi connectivity index (χ4n) is 2.32. The molecule has 0 aliphatic heterocycles. The van der Waals surface area contributed by atoms with Gasteiger partial charge in [-0.2, -0.15) is 0 Å². The summed E-state index contributed by atoms with van der Waals surface area (Å²) in [6.45, 7) is 10.9. The molecule has 0 spiro atoms. The first kappa shape index (κ1) is 16.0. The molecule has 0 amide bonds. The van der Waals surface area contributed by atoms with Gasteiger partial charge in [0.1, 0.15) is 0 Å². The van der Waals surface area contributed by atoms with E-state index in [0.29, 0.717) is 0 Å². The molecule has 0 aliphatic rings. The van der Waals surface area contributed by atoms with Crippen LogP contribution in [0.4, 0.5) is 5.69 Å². The van der Waals surface area contributed by atoms with Gasteiger partial charge < -0.3 is 10.2 Å². The quantitative estimate of drug-likeness (QED) is 0.636. The lowest BCUT2D eigenvalue weighted by atomic mass is 10.2. The second-order valence-corrected chi connectivity index (χ2v) is 5.08. The molecule has 0 heterocycles. The highest BCUT2D eigenvalue weighted by molar-refractivity contribution is 5.47. The van der Waals surface area contributed by atoms with Crippen molar-refractivity contribution < 1.29 is 0 Å². The van der Waals surface area contributed by atoms with Gasteiger partial charge in [-0.05, 0) is 44.5 Å². The third-order valence-corrected chi connectivity index (χ3v) is 3.60. The maximum absolute atomic E-state index is 3.52. The summed E-state index contributed by atoms with van der Waals surface area (Å²) in [5.74, 6) is 0. The van der Waals surface area contributed by atoms with Crippen molar-refractivity contribution in [3.63, 3.8) is 0 Å². The van der Waals surface area contributed by atoms with Crippen LogP contribution in [0.3, 0.4) is 0 Å². The highest BCUT2D eigenvalue weighted by Crippen LogP contribution is 2.14. The summed E-state index contributed by atoms with van der Waals surface area (Å²) in [4.78, 5) is 2.38. The van der Waals surface area contributed by atoms with Crippen LogP contribution >= 0.6 is 0 Å². The minimum atomic E-state index is 0.991. The molecule has 0 bridgehead atoms. The third kappa shape index (κ3) is 6.11. The van der Waals surface area contributed by atoms with Gasteiger partial charge in [-0.15, -0.1) is 0 Å². The Hall–Kier alpha value is -1.02. The van der Waals surface area contributed by atoms with E-state index in [4.69, 9.17) is 0 Å². The minimum absolute atomic E-state index is 0.991. The molecular weight excluding hydrogens is 232 g/mol. The van der Waals surface area contributed by atoms with Crippen LogP contribution < -0.4 is 10.2 Å². The lowest BCUT2D eigenvalue weighted by Gasteiger charge is -2.21. The van der Waals surface area contributed by atoms with Crippen LogP contribution in [0.2, 0.25) is 0 Å². The molecule has 1 aromatic carbocycles. The Bertz CT molecular complexity index is 315. The zero-order valence-electron chi connectivity index (χ0n) is 12.9. The molecule has 2 heteroatoms. The Morgan fingerprint density at radius 3 is 2.16 bits per heavy atom. The molecular formula is C17H30N2. The predicted octanol–water partition coefficient (Wildman–Crippen LogP) is 4.20. The number of rotatable bonds is 10. The van der Waals surface area contributed by atoms with E-state index in [0.717, 1.165) is 26.2 Å². The van der Waals surface area contributed by atoms with Crippen molar-refractivity contribution >= 4 is 5.69 Å². The van der Waals surface area contributed by atoms with Gasteiger partial charge in [0.05, 0.1) is 0 Å². The second kappa shape index (κ2) is 9.85. The van der Waals surface area contributed by atoms with E-state index in [-0.39, 0.29) is 0 Å². The minimum Gasteiger partial charge on any atom is -0.372 e. The zero-order chi connectivity index (χ0) is 13.9. The molecule has 108 valence electrons. The lowest BCUT2D eigenvalue weighted by Crippen LogP contribution is -2.21. The standard InChI is InChI=1S/C17H30N2/c1-4-7-8-9-14-18-15-16-10-12-17(13-11-16)19(5-2)6-3/h10-13,18H,4-9,14-15H2,1-3H3. The largest absolute Gasteiger partial charge is 0.372 e. The second-order valence-electron chi connectivity index (χ2n) is 5.08. The summed E-state index contributed by atoms with van der Waals surface area (Å²) >= 11 is 0. The maximum Gasteiger partial charge on any atom is 0.0366 e. The van der Waals surface area contributed by atoms with E-state index in [9.17, 15) is 0 Å². The van der Waals surface area contributed by atoms with Crippen LogP contribution in [0.25, 0.3) is 0 Å². The number of unbranched alkanes of at least 4 members (excludes halogenated alkanes) is 3. The highest BCUT2D eigenvalue weighted by atomic mass is 15.1. The van der Waals surface area contributed by atoms with Crippen LogP contribution in [0, 0.1) is 0 Å². The van der Waals surface area contributed by atoms with Crippen molar-refractivity contribution in [2.45, 2.75) is 53.0 Å². The summed E-state index contributed by atoms with van der Waals surface area (Å²) < 4.78 is 0. The van der Waals surface area contributed by atoms with Gasteiger partial charge in [-0.1, -0.05) is 38.3 Å². The Balaban J connectivity index is 2.28. The molecule has 0 saturated carbocycles. The number of benzene rings is 1. The zero-order valence-corrected chi connectivity index (χ0v) is 12.9. The van der Waals surface area contributed by atoms with E-state index in [1.54, 1.807) is 0 Å². The predicted molar refractivity (Wildman–Crippen MR) is 85.9 cm³/mol. The van der Waals surface area contributed by atoms with Crippen LogP contribution in [-0.2, 0) is 6.54 Å². The van der Waals surface area contributed by atoms with Crippen molar-refractivity contribution in [3.8, 4) is 0 Å². The third-order valence-electron chi connectivity index (χ3n) is 3.60. The number of nitrogens with one attached hydrogen (secondary N) is 1. The fraction of sp³-hybridized carbons (Fsp3) is 0.647. The van der Waals surface area contributed by atoms with E-state index >= 15 is 0 Å². The first-order valence-corrected chi connectivity index (χ1v) is 7.86. The molecule has 0 unspecified atom stereocenters. The average Bonchev–Trinajstić information content (AvgIpc) is 2.45.